The quantitative estimate of drug-likeness (QED) is 0.715. The summed E-state index contributed by atoms with van der Waals surface area (Å²) in [5.74, 6) is 1.28. The van der Waals surface area contributed by atoms with E-state index >= 15 is 0 Å². The minimum Gasteiger partial charge on any atom is -0.334 e. The molecule has 0 spiro atoms. The third-order valence-electron chi connectivity index (χ3n) is 3.81. The highest BCUT2D eigenvalue weighted by Gasteiger charge is 2.17. The topological polar surface area (TPSA) is 66.1 Å². The third kappa shape index (κ3) is 3.74. The molecule has 128 valence electrons. The monoisotopic (exact) mass is 353 g/mol. The van der Waals surface area contributed by atoms with E-state index in [1.807, 2.05) is 30.3 Å². The first-order valence-electron chi connectivity index (χ1n) is 8.05. The number of fused-ring (bicyclic) bond motifs is 1. The van der Waals surface area contributed by atoms with Crippen LogP contribution in [0.2, 0.25) is 0 Å². The van der Waals surface area contributed by atoms with Crippen LogP contribution in [0.15, 0.2) is 58.2 Å². The van der Waals surface area contributed by atoms with Crippen molar-refractivity contribution in [3.63, 3.8) is 0 Å². The Morgan fingerprint density at radius 2 is 1.88 bits per heavy atom. The predicted molar refractivity (Wildman–Crippen MR) is 101 cm³/mol. The number of para-hydroxylation sites is 1. The van der Waals surface area contributed by atoms with E-state index in [0.29, 0.717) is 22.3 Å². The van der Waals surface area contributed by atoms with E-state index < -0.39 is 0 Å². The lowest BCUT2D eigenvalue weighted by Gasteiger charge is -2.18. The van der Waals surface area contributed by atoms with E-state index in [4.69, 9.17) is 0 Å². The molecule has 1 amide bonds. The fraction of sp³-hybridized carbons (Fsp3) is 0.211. The zero-order chi connectivity index (χ0) is 17.8. The first-order valence-corrected chi connectivity index (χ1v) is 9.04. The molecule has 3 aromatic rings. The summed E-state index contributed by atoms with van der Waals surface area (Å²) < 4.78 is 0. The van der Waals surface area contributed by atoms with Gasteiger partial charge in [-0.25, -0.2) is 4.98 Å². The number of nitrogens with zero attached hydrogens (tertiary/aromatic N) is 2. The average Bonchev–Trinajstić information content (AvgIpc) is 2.62. The number of thioether (sulfide) groups is 1. The normalized spacial score (nSPS) is 10.8. The maximum absolute atomic E-state index is 12.8. The van der Waals surface area contributed by atoms with E-state index in [0.717, 1.165) is 10.6 Å². The Morgan fingerprint density at radius 1 is 1.16 bits per heavy atom. The molecule has 0 saturated heterocycles. The average molecular weight is 353 g/mol. The zero-order valence-corrected chi connectivity index (χ0v) is 15.0. The fourth-order valence-electron chi connectivity index (χ4n) is 2.64. The van der Waals surface area contributed by atoms with Gasteiger partial charge >= 0.3 is 0 Å². The molecular weight excluding hydrogens is 334 g/mol. The molecule has 0 aliphatic carbocycles. The van der Waals surface area contributed by atoms with Crippen LogP contribution >= 0.6 is 11.8 Å². The van der Waals surface area contributed by atoms with Crippen LogP contribution in [0, 0.1) is 0 Å². The predicted octanol–water partition coefficient (Wildman–Crippen LogP) is 3.31. The molecule has 0 saturated carbocycles. The highest BCUT2D eigenvalue weighted by Crippen LogP contribution is 2.23. The molecule has 0 fully saturated rings. The Balaban J connectivity index is 1.86. The van der Waals surface area contributed by atoms with Gasteiger partial charge in [0.05, 0.1) is 23.0 Å². The van der Waals surface area contributed by atoms with Crippen molar-refractivity contribution in [2.75, 3.05) is 12.8 Å². The molecule has 3 rings (SSSR count). The summed E-state index contributed by atoms with van der Waals surface area (Å²) in [5.41, 5.74) is 1.10. The lowest BCUT2D eigenvalue weighted by molar-refractivity contribution is 0.0778. The van der Waals surface area contributed by atoms with Crippen molar-refractivity contribution >= 4 is 28.6 Å². The zero-order valence-electron chi connectivity index (χ0n) is 14.2. The molecule has 2 aromatic carbocycles. The van der Waals surface area contributed by atoms with Crippen molar-refractivity contribution in [2.24, 2.45) is 0 Å². The number of carbonyl (C=O) groups excluding carboxylic acids is 1. The number of aromatic amines is 1. The Morgan fingerprint density at radius 3 is 2.68 bits per heavy atom. The van der Waals surface area contributed by atoms with Crippen LogP contribution in [-0.4, -0.2) is 33.6 Å². The van der Waals surface area contributed by atoms with Crippen molar-refractivity contribution < 1.29 is 4.79 Å². The van der Waals surface area contributed by atoms with Crippen LogP contribution in [0.25, 0.3) is 10.9 Å². The summed E-state index contributed by atoms with van der Waals surface area (Å²) in [6, 6.07) is 14.7. The standard InChI is InChI=1S/C19H19N3O2S/c1-3-25-16-11-7-5-9-14(16)19(24)22(2)12-17-20-15-10-6-4-8-13(15)18(23)21-17/h4-11H,3,12H2,1-2H3,(H,20,21,23). The van der Waals surface area contributed by atoms with Crippen molar-refractivity contribution in [1.82, 2.24) is 14.9 Å². The van der Waals surface area contributed by atoms with E-state index in [1.54, 1.807) is 41.9 Å². The summed E-state index contributed by atoms with van der Waals surface area (Å²) >= 11 is 1.64. The SMILES string of the molecule is CCSc1ccccc1C(=O)N(C)Cc1nc2ccccc2c(=O)[nH]1. The first-order chi connectivity index (χ1) is 12.1. The largest absolute Gasteiger partial charge is 0.334 e. The van der Waals surface area contributed by atoms with E-state index in [9.17, 15) is 9.59 Å². The van der Waals surface area contributed by atoms with Gasteiger partial charge in [-0.3, -0.25) is 9.59 Å². The van der Waals surface area contributed by atoms with Gasteiger partial charge in [0.1, 0.15) is 5.82 Å². The van der Waals surface area contributed by atoms with Gasteiger partial charge in [0.15, 0.2) is 0 Å². The lowest BCUT2D eigenvalue weighted by atomic mass is 10.2. The van der Waals surface area contributed by atoms with Crippen LogP contribution in [0.1, 0.15) is 23.1 Å². The second-order valence-electron chi connectivity index (χ2n) is 5.62. The molecule has 0 aliphatic heterocycles. The minimum atomic E-state index is -0.191. The molecule has 1 N–H and O–H groups in total. The highest BCUT2D eigenvalue weighted by atomic mass is 32.2. The Labute approximate surface area is 150 Å². The van der Waals surface area contributed by atoms with Gasteiger partial charge < -0.3 is 9.88 Å². The second kappa shape index (κ2) is 7.53. The number of H-pyrrole nitrogens is 1. The molecule has 0 atom stereocenters. The van der Waals surface area contributed by atoms with Crippen LogP contribution in [0.3, 0.4) is 0 Å². The number of nitrogens with one attached hydrogen (secondary N) is 1. The smallest absolute Gasteiger partial charge is 0.258 e. The van der Waals surface area contributed by atoms with Gasteiger partial charge in [-0.15, -0.1) is 11.8 Å². The number of benzene rings is 2. The number of carbonyl (C=O) groups is 1. The molecule has 1 heterocycles. The summed E-state index contributed by atoms with van der Waals surface area (Å²) in [6.07, 6.45) is 0. The maximum atomic E-state index is 12.8. The number of rotatable bonds is 5. The number of amides is 1. The van der Waals surface area contributed by atoms with Crippen LogP contribution in [0.4, 0.5) is 0 Å². The van der Waals surface area contributed by atoms with Gasteiger partial charge in [0.2, 0.25) is 0 Å². The third-order valence-corrected chi connectivity index (χ3v) is 4.77. The summed E-state index contributed by atoms with van der Waals surface area (Å²) in [6.45, 7) is 2.30. The van der Waals surface area contributed by atoms with Crippen LogP contribution < -0.4 is 5.56 Å². The molecule has 0 bridgehead atoms. The van der Waals surface area contributed by atoms with Crippen LogP contribution in [0.5, 0.6) is 0 Å². The molecular formula is C19H19N3O2S. The summed E-state index contributed by atoms with van der Waals surface area (Å²) in [7, 11) is 1.71. The molecule has 0 radical (unpaired) electrons. The minimum absolute atomic E-state index is 0.0904. The van der Waals surface area contributed by atoms with E-state index in [-0.39, 0.29) is 18.0 Å². The van der Waals surface area contributed by atoms with Crippen molar-refractivity contribution in [3.8, 4) is 0 Å². The highest BCUT2D eigenvalue weighted by molar-refractivity contribution is 7.99. The van der Waals surface area contributed by atoms with Crippen molar-refractivity contribution in [3.05, 3.63) is 70.3 Å². The van der Waals surface area contributed by atoms with Gasteiger partial charge in [-0.05, 0) is 30.0 Å². The van der Waals surface area contributed by atoms with Gasteiger partial charge in [-0.2, -0.15) is 0 Å². The van der Waals surface area contributed by atoms with E-state index in [1.165, 1.54) is 0 Å². The number of aromatic nitrogens is 2. The molecule has 6 heteroatoms. The van der Waals surface area contributed by atoms with E-state index in [2.05, 4.69) is 16.9 Å². The molecule has 0 aliphatic rings. The molecule has 1 aromatic heterocycles. The van der Waals surface area contributed by atoms with Gasteiger partial charge in [0, 0.05) is 11.9 Å². The van der Waals surface area contributed by atoms with Crippen LogP contribution in [-0.2, 0) is 6.54 Å². The summed E-state index contributed by atoms with van der Waals surface area (Å²) in [4.78, 5) is 34.7. The number of hydrogen-bond donors (Lipinski definition) is 1. The summed E-state index contributed by atoms with van der Waals surface area (Å²) in [5, 5.41) is 0.546. The molecule has 5 nitrogen and oxygen atoms in total. The first kappa shape index (κ1) is 17.2. The van der Waals surface area contributed by atoms with Crippen molar-refractivity contribution in [2.45, 2.75) is 18.4 Å². The van der Waals surface area contributed by atoms with Crippen molar-refractivity contribution in [1.29, 1.82) is 0 Å². The van der Waals surface area contributed by atoms with Gasteiger partial charge in [0.25, 0.3) is 11.5 Å². The number of hydrogen-bond acceptors (Lipinski definition) is 4. The molecule has 0 unspecified atom stereocenters. The Bertz CT molecular complexity index is 968. The Hall–Kier alpha value is -2.60. The lowest BCUT2D eigenvalue weighted by Crippen LogP contribution is -2.28. The maximum Gasteiger partial charge on any atom is 0.258 e. The molecule has 25 heavy (non-hydrogen) atoms. The van der Waals surface area contributed by atoms with Gasteiger partial charge in [-0.1, -0.05) is 31.2 Å². The Kier molecular flexibility index (Phi) is 5.19. The fourth-order valence-corrected chi connectivity index (χ4v) is 3.43. The second-order valence-corrected chi connectivity index (χ2v) is 6.93.